The van der Waals surface area contributed by atoms with E-state index in [2.05, 4.69) is 6.58 Å². The molecule has 0 aromatic rings. The number of rotatable bonds is 4. The van der Waals surface area contributed by atoms with Crippen molar-refractivity contribution >= 4 is 9.84 Å². The molecule has 0 saturated carbocycles. The Bertz CT molecular complexity index is 235. The minimum absolute atomic E-state index is 0.0331. The topological polar surface area (TPSA) is 57.9 Å². The van der Waals surface area contributed by atoms with Gasteiger partial charge < -0.3 is 0 Å². The summed E-state index contributed by atoms with van der Waals surface area (Å²) < 4.78 is 21.5. The number of nitrogens with zero attached hydrogens (tertiary/aromatic N) is 1. The number of sulfone groups is 1. The van der Waals surface area contributed by atoms with Crippen molar-refractivity contribution in [3.05, 3.63) is 12.7 Å². The lowest BCUT2D eigenvalue weighted by Crippen LogP contribution is -2.08. The zero-order valence-electron chi connectivity index (χ0n) is 5.58. The third kappa shape index (κ3) is 4.10. The first-order valence-electron chi connectivity index (χ1n) is 2.80. The van der Waals surface area contributed by atoms with E-state index < -0.39 is 9.84 Å². The summed E-state index contributed by atoms with van der Waals surface area (Å²) in [6, 6.07) is 1.77. The second-order valence-corrected chi connectivity index (χ2v) is 4.04. The monoisotopic (exact) mass is 159 g/mol. The third-order valence-electron chi connectivity index (χ3n) is 0.897. The Morgan fingerprint density at radius 2 is 2.20 bits per heavy atom. The first-order valence-corrected chi connectivity index (χ1v) is 4.63. The van der Waals surface area contributed by atoms with Gasteiger partial charge in [0.25, 0.3) is 0 Å². The number of hydrogen-bond donors (Lipinski definition) is 0. The van der Waals surface area contributed by atoms with Crippen LogP contribution >= 0.6 is 0 Å². The SMILES string of the molecule is C=CCS(=O)(=O)CCC#N. The minimum Gasteiger partial charge on any atom is -0.228 e. The molecule has 0 aliphatic carbocycles. The molecule has 0 atom stereocenters. The van der Waals surface area contributed by atoms with E-state index in [1.165, 1.54) is 6.08 Å². The Kier molecular flexibility index (Phi) is 3.74. The van der Waals surface area contributed by atoms with E-state index in [9.17, 15) is 8.42 Å². The molecule has 0 aliphatic heterocycles. The van der Waals surface area contributed by atoms with Gasteiger partial charge in [0.15, 0.2) is 9.84 Å². The third-order valence-corrected chi connectivity index (χ3v) is 2.47. The molecule has 0 spiro atoms. The smallest absolute Gasteiger partial charge is 0.154 e. The summed E-state index contributed by atoms with van der Waals surface area (Å²) in [7, 11) is -3.03. The highest BCUT2D eigenvalue weighted by Crippen LogP contribution is 1.92. The van der Waals surface area contributed by atoms with Crippen LogP contribution in [0.5, 0.6) is 0 Å². The molecule has 0 heterocycles. The van der Waals surface area contributed by atoms with E-state index in [0.29, 0.717) is 0 Å². The van der Waals surface area contributed by atoms with Gasteiger partial charge in [-0.1, -0.05) is 6.08 Å². The number of nitriles is 1. The maximum Gasteiger partial charge on any atom is 0.154 e. The lowest BCUT2D eigenvalue weighted by molar-refractivity contribution is 0.599. The first kappa shape index (κ1) is 9.18. The Morgan fingerprint density at radius 1 is 1.60 bits per heavy atom. The van der Waals surface area contributed by atoms with Crippen LogP contribution in [0.2, 0.25) is 0 Å². The molecule has 0 aliphatic rings. The van der Waals surface area contributed by atoms with Crippen molar-refractivity contribution in [1.82, 2.24) is 0 Å². The van der Waals surface area contributed by atoms with Crippen molar-refractivity contribution in [2.75, 3.05) is 11.5 Å². The lowest BCUT2D eigenvalue weighted by Gasteiger charge is -1.93. The van der Waals surface area contributed by atoms with Crippen LogP contribution < -0.4 is 0 Å². The summed E-state index contributed by atoms with van der Waals surface area (Å²) in [5.74, 6) is -0.0931. The second-order valence-electron chi connectivity index (χ2n) is 1.81. The normalized spacial score (nSPS) is 10.3. The van der Waals surface area contributed by atoms with Gasteiger partial charge in [-0.25, -0.2) is 8.42 Å². The lowest BCUT2D eigenvalue weighted by atomic mass is 10.6. The molecule has 0 N–H and O–H groups in total. The molecule has 4 heteroatoms. The summed E-state index contributed by atoms with van der Waals surface area (Å²) in [5, 5.41) is 8.06. The van der Waals surface area contributed by atoms with Gasteiger partial charge in [-0.2, -0.15) is 5.26 Å². The summed E-state index contributed by atoms with van der Waals surface area (Å²) in [5.41, 5.74) is 0. The fraction of sp³-hybridized carbons (Fsp3) is 0.500. The van der Waals surface area contributed by atoms with E-state index in [-0.39, 0.29) is 17.9 Å². The maximum absolute atomic E-state index is 10.8. The van der Waals surface area contributed by atoms with Crippen molar-refractivity contribution < 1.29 is 8.42 Å². The average Bonchev–Trinajstić information content (AvgIpc) is 1.84. The Labute approximate surface area is 60.9 Å². The van der Waals surface area contributed by atoms with Crippen molar-refractivity contribution in [3.63, 3.8) is 0 Å². The molecule has 0 radical (unpaired) electrons. The van der Waals surface area contributed by atoms with Crippen molar-refractivity contribution in [3.8, 4) is 6.07 Å². The van der Waals surface area contributed by atoms with Gasteiger partial charge in [0.1, 0.15) is 0 Å². The molecule has 0 unspecified atom stereocenters. The standard InChI is InChI=1S/C6H9NO2S/c1-2-5-10(8,9)6-3-4-7/h2H,1,3,5-6H2. The van der Waals surface area contributed by atoms with Crippen LogP contribution in [-0.4, -0.2) is 19.9 Å². The van der Waals surface area contributed by atoms with E-state index in [4.69, 9.17) is 5.26 Å². The molecule has 0 fully saturated rings. The summed E-state index contributed by atoms with van der Waals surface area (Å²) in [4.78, 5) is 0. The van der Waals surface area contributed by atoms with Gasteiger partial charge in [-0.05, 0) is 0 Å². The van der Waals surface area contributed by atoms with Crippen LogP contribution in [0.3, 0.4) is 0 Å². The van der Waals surface area contributed by atoms with Crippen LogP contribution in [-0.2, 0) is 9.84 Å². The average molecular weight is 159 g/mol. The molecule has 0 bridgehead atoms. The highest BCUT2D eigenvalue weighted by Gasteiger charge is 2.05. The molecular weight excluding hydrogens is 150 g/mol. The minimum atomic E-state index is -3.03. The molecule has 0 saturated heterocycles. The Morgan fingerprint density at radius 3 is 2.60 bits per heavy atom. The molecule has 56 valence electrons. The largest absolute Gasteiger partial charge is 0.228 e. The molecule has 0 aromatic carbocycles. The molecule has 0 aromatic heterocycles. The van der Waals surface area contributed by atoms with Crippen molar-refractivity contribution in [1.29, 1.82) is 5.26 Å². The summed E-state index contributed by atoms with van der Waals surface area (Å²) in [6.45, 7) is 3.29. The molecule has 0 amide bonds. The van der Waals surface area contributed by atoms with E-state index in [1.807, 2.05) is 0 Å². The van der Waals surface area contributed by atoms with Crippen LogP contribution in [0.25, 0.3) is 0 Å². The highest BCUT2D eigenvalue weighted by molar-refractivity contribution is 7.91. The molecule has 0 rings (SSSR count). The summed E-state index contributed by atoms with van der Waals surface area (Å²) in [6.07, 6.45) is 1.39. The first-order chi connectivity index (χ1) is 4.62. The molecule has 3 nitrogen and oxygen atoms in total. The predicted molar refractivity (Wildman–Crippen MR) is 39.1 cm³/mol. The fourth-order valence-electron chi connectivity index (χ4n) is 0.464. The van der Waals surface area contributed by atoms with Crippen LogP contribution in [0.15, 0.2) is 12.7 Å². The fourth-order valence-corrected chi connectivity index (χ4v) is 1.39. The summed E-state index contributed by atoms with van der Waals surface area (Å²) >= 11 is 0. The molecular formula is C6H9NO2S. The van der Waals surface area contributed by atoms with Crippen molar-refractivity contribution in [2.45, 2.75) is 6.42 Å². The van der Waals surface area contributed by atoms with Gasteiger partial charge in [-0.3, -0.25) is 0 Å². The van der Waals surface area contributed by atoms with Gasteiger partial charge in [0, 0.05) is 6.42 Å². The Balaban J connectivity index is 3.91. The zero-order valence-corrected chi connectivity index (χ0v) is 6.39. The predicted octanol–water partition coefficient (Wildman–Crippen LogP) is 0.501. The Hall–Kier alpha value is -0.820. The maximum atomic E-state index is 10.8. The van der Waals surface area contributed by atoms with Gasteiger partial charge >= 0.3 is 0 Å². The van der Waals surface area contributed by atoms with E-state index >= 15 is 0 Å². The highest BCUT2D eigenvalue weighted by atomic mass is 32.2. The quantitative estimate of drug-likeness (QED) is 0.561. The zero-order chi connectivity index (χ0) is 8.04. The van der Waals surface area contributed by atoms with Gasteiger partial charge in [0.2, 0.25) is 0 Å². The van der Waals surface area contributed by atoms with E-state index in [0.717, 1.165) is 0 Å². The van der Waals surface area contributed by atoms with Gasteiger partial charge in [0.05, 0.1) is 17.6 Å². The van der Waals surface area contributed by atoms with Crippen LogP contribution in [0.4, 0.5) is 0 Å². The van der Waals surface area contributed by atoms with Crippen LogP contribution in [0.1, 0.15) is 6.42 Å². The van der Waals surface area contributed by atoms with E-state index in [1.54, 1.807) is 6.07 Å². The molecule has 10 heavy (non-hydrogen) atoms. The van der Waals surface area contributed by atoms with Crippen molar-refractivity contribution in [2.24, 2.45) is 0 Å². The number of hydrogen-bond acceptors (Lipinski definition) is 3. The van der Waals surface area contributed by atoms with Gasteiger partial charge in [-0.15, -0.1) is 6.58 Å². The van der Waals surface area contributed by atoms with Crippen LogP contribution in [0, 0.1) is 11.3 Å². The second kappa shape index (κ2) is 4.07.